The van der Waals surface area contributed by atoms with Crippen LogP contribution in [0, 0.1) is 6.92 Å². The van der Waals surface area contributed by atoms with Crippen molar-refractivity contribution in [1.82, 2.24) is 20.2 Å². The summed E-state index contributed by atoms with van der Waals surface area (Å²) in [6.45, 7) is 5.27. The Kier molecular flexibility index (Phi) is 7.29. The Balaban J connectivity index is 1.49. The zero-order valence-electron chi connectivity index (χ0n) is 16.6. The molecule has 0 radical (unpaired) electrons. The number of rotatable bonds is 5. The van der Waals surface area contributed by atoms with Crippen LogP contribution in [-0.4, -0.2) is 52.7 Å². The average Bonchev–Trinajstić information content (AvgIpc) is 2.71. The van der Waals surface area contributed by atoms with Crippen LogP contribution in [0.25, 0.3) is 0 Å². The van der Waals surface area contributed by atoms with E-state index in [4.69, 9.17) is 4.74 Å². The van der Waals surface area contributed by atoms with E-state index >= 15 is 0 Å². The van der Waals surface area contributed by atoms with Gasteiger partial charge >= 0.3 is 12.1 Å². The predicted octanol–water partition coefficient (Wildman–Crippen LogP) is 3.68. The molecule has 0 atom stereocenters. The van der Waals surface area contributed by atoms with Gasteiger partial charge in [-0.1, -0.05) is 0 Å². The number of carbonyl (C=O) groups is 2. The summed E-state index contributed by atoms with van der Waals surface area (Å²) in [5.74, 6) is 0. The van der Waals surface area contributed by atoms with Crippen LogP contribution in [-0.2, 0) is 4.74 Å². The molecule has 0 unspecified atom stereocenters. The minimum Gasteiger partial charge on any atom is -0.450 e. The van der Waals surface area contributed by atoms with Gasteiger partial charge in [0.1, 0.15) is 0 Å². The van der Waals surface area contributed by atoms with Gasteiger partial charge in [0.05, 0.1) is 6.61 Å². The molecule has 1 aliphatic rings. The molecule has 1 aromatic carbocycles. The lowest BCUT2D eigenvalue weighted by atomic mass is 10.1. The number of nitrogens with zero attached hydrogens (tertiary/aromatic N) is 3. The number of hydrogen-bond acceptors (Lipinski definition) is 6. The van der Waals surface area contributed by atoms with Gasteiger partial charge in [0.25, 0.3) is 0 Å². The maximum Gasteiger partial charge on any atom is 0.409 e. The number of aromatic nitrogens is 2. The molecule has 3 rings (SSSR count). The van der Waals surface area contributed by atoms with E-state index in [0.717, 1.165) is 16.1 Å². The number of urea groups is 1. The minimum atomic E-state index is -0.287. The number of carbonyl (C=O) groups excluding carboxylic acids is 2. The fraction of sp³-hybridized carbons (Fsp3) is 0.400. The number of likely N-dealkylation sites (tertiary alicyclic amines) is 1. The summed E-state index contributed by atoms with van der Waals surface area (Å²) in [4.78, 5) is 35.2. The van der Waals surface area contributed by atoms with E-state index in [1.54, 1.807) is 30.3 Å². The molecule has 8 nitrogen and oxygen atoms in total. The number of piperidine rings is 1. The third kappa shape index (κ3) is 6.08. The van der Waals surface area contributed by atoms with Crippen LogP contribution in [0.3, 0.4) is 0 Å². The van der Waals surface area contributed by atoms with Gasteiger partial charge in [-0.05, 0) is 68.3 Å². The van der Waals surface area contributed by atoms with E-state index in [0.29, 0.717) is 37.7 Å². The van der Waals surface area contributed by atoms with E-state index in [2.05, 4.69) is 20.6 Å². The molecular weight excluding hydrogens is 390 g/mol. The van der Waals surface area contributed by atoms with Crippen LogP contribution in [0.4, 0.5) is 15.3 Å². The Bertz CT molecular complexity index is 841. The number of anilines is 1. The van der Waals surface area contributed by atoms with Crippen molar-refractivity contribution in [3.8, 4) is 0 Å². The van der Waals surface area contributed by atoms with E-state index < -0.39 is 0 Å². The Morgan fingerprint density at radius 2 is 1.97 bits per heavy atom. The van der Waals surface area contributed by atoms with E-state index in [9.17, 15) is 9.59 Å². The van der Waals surface area contributed by atoms with E-state index in [1.807, 2.05) is 25.1 Å². The molecule has 9 heteroatoms. The molecule has 29 heavy (non-hydrogen) atoms. The summed E-state index contributed by atoms with van der Waals surface area (Å²) in [6, 6.07) is 7.38. The van der Waals surface area contributed by atoms with E-state index in [1.165, 1.54) is 11.8 Å². The van der Waals surface area contributed by atoms with Crippen molar-refractivity contribution < 1.29 is 14.3 Å². The summed E-state index contributed by atoms with van der Waals surface area (Å²) >= 11 is 1.47. The number of amides is 3. The number of hydrogen-bond donors (Lipinski definition) is 2. The van der Waals surface area contributed by atoms with Crippen LogP contribution in [0.5, 0.6) is 0 Å². The summed E-state index contributed by atoms with van der Waals surface area (Å²) in [5, 5.41) is 6.57. The monoisotopic (exact) mass is 415 g/mol. The Morgan fingerprint density at radius 1 is 1.24 bits per heavy atom. The molecule has 0 saturated carbocycles. The highest BCUT2D eigenvalue weighted by atomic mass is 32.2. The van der Waals surface area contributed by atoms with Crippen LogP contribution >= 0.6 is 11.8 Å². The van der Waals surface area contributed by atoms with E-state index in [-0.39, 0.29) is 18.2 Å². The highest BCUT2D eigenvalue weighted by Crippen LogP contribution is 2.27. The second kappa shape index (κ2) is 10.1. The van der Waals surface area contributed by atoms with Crippen molar-refractivity contribution in [3.63, 3.8) is 0 Å². The van der Waals surface area contributed by atoms with Crippen molar-refractivity contribution in [2.75, 3.05) is 25.0 Å². The summed E-state index contributed by atoms with van der Waals surface area (Å²) < 4.78 is 5.01. The first kappa shape index (κ1) is 20.9. The average molecular weight is 416 g/mol. The molecule has 1 fully saturated rings. The second-order valence-electron chi connectivity index (χ2n) is 6.67. The van der Waals surface area contributed by atoms with Crippen molar-refractivity contribution in [3.05, 3.63) is 42.2 Å². The van der Waals surface area contributed by atoms with Crippen LogP contribution in [0.2, 0.25) is 0 Å². The van der Waals surface area contributed by atoms with Crippen molar-refractivity contribution in [2.45, 2.75) is 42.8 Å². The van der Waals surface area contributed by atoms with Crippen LogP contribution in [0.1, 0.15) is 25.3 Å². The van der Waals surface area contributed by atoms with Crippen LogP contribution < -0.4 is 10.6 Å². The van der Waals surface area contributed by atoms with Crippen molar-refractivity contribution in [1.29, 1.82) is 0 Å². The number of ether oxygens (including phenoxy) is 1. The number of benzene rings is 1. The SMILES string of the molecule is CCOC(=O)N1CCC(NC(=O)Nc2ccc(Sc3ncccn3)cc2C)CC1. The highest BCUT2D eigenvalue weighted by molar-refractivity contribution is 7.99. The van der Waals surface area contributed by atoms with Gasteiger partial charge in [0.15, 0.2) is 5.16 Å². The number of nitrogens with one attached hydrogen (secondary N) is 2. The summed E-state index contributed by atoms with van der Waals surface area (Å²) in [7, 11) is 0. The van der Waals surface area contributed by atoms with Gasteiger partial charge in [-0.2, -0.15) is 0 Å². The first-order valence-corrected chi connectivity index (χ1v) is 10.4. The largest absolute Gasteiger partial charge is 0.450 e. The molecule has 3 amide bonds. The maximum atomic E-state index is 12.4. The summed E-state index contributed by atoms with van der Waals surface area (Å²) in [5.41, 5.74) is 1.71. The molecule has 0 bridgehead atoms. The lowest BCUT2D eigenvalue weighted by Crippen LogP contribution is -2.47. The maximum absolute atomic E-state index is 12.4. The fourth-order valence-electron chi connectivity index (χ4n) is 3.05. The Hall–Kier alpha value is -2.81. The second-order valence-corrected chi connectivity index (χ2v) is 7.71. The third-order valence-corrected chi connectivity index (χ3v) is 5.44. The lowest BCUT2D eigenvalue weighted by molar-refractivity contribution is 0.0959. The molecule has 1 aromatic heterocycles. The zero-order valence-corrected chi connectivity index (χ0v) is 17.4. The number of aryl methyl sites for hydroxylation is 1. The molecule has 2 N–H and O–H groups in total. The van der Waals surface area contributed by atoms with Crippen molar-refractivity contribution in [2.24, 2.45) is 0 Å². The highest BCUT2D eigenvalue weighted by Gasteiger charge is 2.24. The summed E-state index contributed by atoms with van der Waals surface area (Å²) in [6.07, 6.45) is 4.54. The van der Waals surface area contributed by atoms with Gasteiger partial charge in [-0.15, -0.1) is 0 Å². The quantitative estimate of drug-likeness (QED) is 0.723. The van der Waals surface area contributed by atoms with Gasteiger partial charge in [-0.25, -0.2) is 19.6 Å². The smallest absolute Gasteiger partial charge is 0.409 e. The molecule has 0 aliphatic carbocycles. The molecule has 154 valence electrons. The molecular formula is C20H25N5O3S. The molecule has 1 saturated heterocycles. The molecule has 1 aliphatic heterocycles. The van der Waals surface area contributed by atoms with Gasteiger partial charge < -0.3 is 20.3 Å². The first-order chi connectivity index (χ1) is 14.0. The predicted molar refractivity (Wildman–Crippen MR) is 111 cm³/mol. The lowest BCUT2D eigenvalue weighted by Gasteiger charge is -2.31. The third-order valence-electron chi connectivity index (χ3n) is 4.55. The Labute approximate surface area is 174 Å². The minimum absolute atomic E-state index is 0.0334. The van der Waals surface area contributed by atoms with Gasteiger partial charge in [-0.3, -0.25) is 0 Å². The molecule has 0 spiro atoms. The topological polar surface area (TPSA) is 96.5 Å². The molecule has 2 aromatic rings. The first-order valence-electron chi connectivity index (χ1n) is 9.60. The van der Waals surface area contributed by atoms with Crippen molar-refractivity contribution >= 4 is 29.6 Å². The fourth-order valence-corrected chi connectivity index (χ4v) is 3.86. The van der Waals surface area contributed by atoms with Gasteiger partial charge in [0.2, 0.25) is 0 Å². The zero-order chi connectivity index (χ0) is 20.6. The standard InChI is InChI=1S/C20H25N5O3S/c1-3-28-20(27)25-11-7-15(8-12-25)23-18(26)24-17-6-5-16(13-14(17)2)29-19-21-9-4-10-22-19/h4-6,9-10,13,15H,3,7-8,11-12H2,1-2H3,(H2,23,24,26). The van der Waals surface area contributed by atoms with Gasteiger partial charge in [0, 0.05) is 42.1 Å². The Morgan fingerprint density at radius 3 is 2.62 bits per heavy atom. The normalized spacial score (nSPS) is 14.3. The molecule has 2 heterocycles. The van der Waals surface area contributed by atoms with Crippen LogP contribution in [0.15, 0.2) is 46.7 Å².